The number of nitrogens with zero attached hydrogens (tertiary/aromatic N) is 1. The number of rotatable bonds is 5. The predicted molar refractivity (Wildman–Crippen MR) is 95.5 cm³/mol. The minimum Gasteiger partial charge on any atom is -0.497 e. The molecule has 0 aliphatic heterocycles. The Morgan fingerprint density at radius 3 is 2.25 bits per heavy atom. The SMILES string of the molecule is COc1ccc(C(CO)N(C)C(=O)Nc2c(C)cccc2C)cc1. The van der Waals surface area contributed by atoms with Gasteiger partial charge in [0.15, 0.2) is 0 Å². The van der Waals surface area contributed by atoms with Crippen molar-refractivity contribution in [2.24, 2.45) is 0 Å². The zero-order chi connectivity index (χ0) is 17.7. The molecule has 0 aliphatic carbocycles. The first kappa shape index (κ1) is 17.8. The number of carbonyl (C=O) groups excluding carboxylic acids is 1. The van der Waals surface area contributed by atoms with E-state index in [1.54, 1.807) is 14.2 Å². The summed E-state index contributed by atoms with van der Waals surface area (Å²) in [6, 6.07) is 12.5. The summed E-state index contributed by atoms with van der Waals surface area (Å²) in [7, 11) is 3.27. The number of carbonyl (C=O) groups is 1. The van der Waals surface area contributed by atoms with Crippen molar-refractivity contribution < 1.29 is 14.6 Å². The van der Waals surface area contributed by atoms with Crippen LogP contribution in [0.4, 0.5) is 10.5 Å². The van der Waals surface area contributed by atoms with Gasteiger partial charge in [-0.05, 0) is 42.7 Å². The molecule has 128 valence electrons. The van der Waals surface area contributed by atoms with Crippen molar-refractivity contribution in [3.05, 3.63) is 59.2 Å². The molecule has 0 heterocycles. The molecule has 0 bridgehead atoms. The van der Waals surface area contributed by atoms with Gasteiger partial charge in [-0.2, -0.15) is 0 Å². The van der Waals surface area contributed by atoms with Gasteiger partial charge in [0.25, 0.3) is 0 Å². The molecule has 0 spiro atoms. The monoisotopic (exact) mass is 328 g/mol. The molecule has 5 nitrogen and oxygen atoms in total. The van der Waals surface area contributed by atoms with E-state index in [1.807, 2.05) is 56.3 Å². The Morgan fingerprint density at radius 2 is 1.75 bits per heavy atom. The van der Waals surface area contributed by atoms with Crippen LogP contribution in [0.1, 0.15) is 22.7 Å². The fourth-order valence-corrected chi connectivity index (χ4v) is 2.63. The molecule has 2 rings (SSSR count). The van der Waals surface area contributed by atoms with Gasteiger partial charge < -0.3 is 20.1 Å². The first-order chi connectivity index (χ1) is 11.5. The van der Waals surface area contributed by atoms with Gasteiger partial charge in [-0.1, -0.05) is 30.3 Å². The van der Waals surface area contributed by atoms with Crippen LogP contribution in [0.25, 0.3) is 0 Å². The van der Waals surface area contributed by atoms with Gasteiger partial charge in [0, 0.05) is 12.7 Å². The van der Waals surface area contributed by atoms with E-state index >= 15 is 0 Å². The van der Waals surface area contributed by atoms with Gasteiger partial charge in [0.1, 0.15) is 5.75 Å². The largest absolute Gasteiger partial charge is 0.497 e. The van der Waals surface area contributed by atoms with Crippen molar-refractivity contribution in [2.75, 3.05) is 26.1 Å². The highest BCUT2D eigenvalue weighted by molar-refractivity contribution is 5.91. The lowest BCUT2D eigenvalue weighted by molar-refractivity contribution is 0.158. The van der Waals surface area contributed by atoms with Crippen molar-refractivity contribution in [1.29, 1.82) is 0 Å². The maximum atomic E-state index is 12.6. The van der Waals surface area contributed by atoms with Gasteiger partial charge in [-0.3, -0.25) is 0 Å². The minimum absolute atomic E-state index is 0.164. The van der Waals surface area contributed by atoms with Crippen molar-refractivity contribution in [3.63, 3.8) is 0 Å². The molecular formula is C19H24N2O3. The molecule has 0 radical (unpaired) electrons. The number of nitrogens with one attached hydrogen (secondary N) is 1. The lowest BCUT2D eigenvalue weighted by Crippen LogP contribution is -2.36. The Kier molecular flexibility index (Phi) is 5.82. The number of methoxy groups -OCH3 is 1. The number of aliphatic hydroxyl groups excluding tert-OH is 1. The van der Waals surface area contributed by atoms with Crippen LogP contribution in [0.3, 0.4) is 0 Å². The lowest BCUT2D eigenvalue weighted by atomic mass is 10.1. The highest BCUT2D eigenvalue weighted by Crippen LogP contribution is 2.24. The average molecular weight is 328 g/mol. The molecule has 2 aromatic rings. The van der Waals surface area contributed by atoms with Crippen LogP contribution in [0.2, 0.25) is 0 Å². The third-order valence-electron chi connectivity index (χ3n) is 4.17. The number of aliphatic hydroxyl groups is 1. The third kappa shape index (κ3) is 3.86. The van der Waals surface area contributed by atoms with Crippen LogP contribution in [0.5, 0.6) is 5.75 Å². The average Bonchev–Trinajstić information content (AvgIpc) is 2.59. The van der Waals surface area contributed by atoms with Gasteiger partial charge >= 0.3 is 6.03 Å². The van der Waals surface area contributed by atoms with Crippen LogP contribution >= 0.6 is 0 Å². The van der Waals surface area contributed by atoms with E-state index in [0.717, 1.165) is 28.1 Å². The molecule has 0 saturated carbocycles. The second-order valence-corrected chi connectivity index (χ2v) is 5.78. The first-order valence-electron chi connectivity index (χ1n) is 7.82. The van der Waals surface area contributed by atoms with E-state index in [4.69, 9.17) is 4.74 Å². The first-order valence-corrected chi connectivity index (χ1v) is 7.82. The molecule has 0 fully saturated rings. The third-order valence-corrected chi connectivity index (χ3v) is 4.17. The molecule has 0 saturated heterocycles. The van der Waals surface area contributed by atoms with E-state index in [9.17, 15) is 9.90 Å². The molecular weight excluding hydrogens is 304 g/mol. The Morgan fingerprint density at radius 1 is 1.17 bits per heavy atom. The molecule has 2 N–H and O–H groups in total. The number of urea groups is 1. The standard InChI is InChI=1S/C19H24N2O3/c1-13-6-5-7-14(2)18(13)20-19(23)21(3)17(12-22)15-8-10-16(24-4)11-9-15/h5-11,17,22H,12H2,1-4H3,(H,20,23). The number of likely N-dealkylation sites (N-methyl/N-ethyl adjacent to an activating group) is 1. The Labute approximate surface area is 142 Å². The summed E-state index contributed by atoms with van der Waals surface area (Å²) in [6.45, 7) is 3.74. The van der Waals surface area contributed by atoms with Crippen LogP contribution in [-0.4, -0.2) is 36.8 Å². The van der Waals surface area contributed by atoms with E-state index in [0.29, 0.717) is 0 Å². The zero-order valence-electron chi connectivity index (χ0n) is 14.5. The number of benzene rings is 2. The highest BCUT2D eigenvalue weighted by Gasteiger charge is 2.22. The molecule has 5 heteroatoms. The summed E-state index contributed by atoms with van der Waals surface area (Å²) in [6.07, 6.45) is 0. The molecule has 24 heavy (non-hydrogen) atoms. The number of hydrogen-bond acceptors (Lipinski definition) is 3. The second kappa shape index (κ2) is 7.84. The summed E-state index contributed by atoms with van der Waals surface area (Å²) in [5.74, 6) is 0.734. The summed E-state index contributed by atoms with van der Waals surface area (Å²) < 4.78 is 5.14. The van der Waals surface area contributed by atoms with Crippen molar-refractivity contribution in [3.8, 4) is 5.75 Å². The predicted octanol–water partition coefficient (Wildman–Crippen LogP) is 3.51. The van der Waals surface area contributed by atoms with E-state index in [1.165, 1.54) is 4.90 Å². The molecule has 2 aromatic carbocycles. The van der Waals surface area contributed by atoms with E-state index in [-0.39, 0.29) is 12.6 Å². The Balaban J connectivity index is 2.17. The van der Waals surface area contributed by atoms with Crippen molar-refractivity contribution in [1.82, 2.24) is 4.90 Å². The van der Waals surface area contributed by atoms with Crippen molar-refractivity contribution in [2.45, 2.75) is 19.9 Å². The number of ether oxygens (including phenoxy) is 1. The number of anilines is 1. The Hall–Kier alpha value is -2.53. The van der Waals surface area contributed by atoms with Crippen LogP contribution < -0.4 is 10.1 Å². The zero-order valence-corrected chi connectivity index (χ0v) is 14.5. The summed E-state index contributed by atoms with van der Waals surface area (Å²) in [5, 5.41) is 12.7. The number of aryl methyl sites for hydroxylation is 2. The lowest BCUT2D eigenvalue weighted by Gasteiger charge is -2.28. The van der Waals surface area contributed by atoms with Crippen molar-refractivity contribution >= 4 is 11.7 Å². The second-order valence-electron chi connectivity index (χ2n) is 5.78. The molecule has 1 atom stereocenters. The van der Waals surface area contributed by atoms with E-state index < -0.39 is 6.04 Å². The molecule has 2 amide bonds. The molecule has 0 aliphatic rings. The summed E-state index contributed by atoms with van der Waals surface area (Å²) >= 11 is 0. The van der Waals surface area contributed by atoms with Crippen LogP contribution in [0, 0.1) is 13.8 Å². The smallest absolute Gasteiger partial charge is 0.322 e. The molecule has 1 unspecified atom stereocenters. The number of hydrogen-bond donors (Lipinski definition) is 2. The maximum absolute atomic E-state index is 12.6. The van der Waals surface area contributed by atoms with Gasteiger partial charge in [-0.25, -0.2) is 4.79 Å². The normalized spacial score (nSPS) is 11.7. The van der Waals surface area contributed by atoms with Gasteiger partial charge in [0.05, 0.1) is 19.8 Å². The maximum Gasteiger partial charge on any atom is 0.322 e. The Bertz CT molecular complexity index is 678. The minimum atomic E-state index is -0.430. The van der Waals surface area contributed by atoms with Gasteiger partial charge in [-0.15, -0.1) is 0 Å². The fourth-order valence-electron chi connectivity index (χ4n) is 2.63. The van der Waals surface area contributed by atoms with Crippen LogP contribution in [0.15, 0.2) is 42.5 Å². The summed E-state index contributed by atoms with van der Waals surface area (Å²) in [4.78, 5) is 14.1. The number of amides is 2. The molecule has 0 aromatic heterocycles. The highest BCUT2D eigenvalue weighted by atomic mass is 16.5. The summed E-state index contributed by atoms with van der Waals surface area (Å²) in [5.41, 5.74) is 3.65. The fraction of sp³-hybridized carbons (Fsp3) is 0.316. The van der Waals surface area contributed by atoms with Gasteiger partial charge in [0.2, 0.25) is 0 Å². The topological polar surface area (TPSA) is 61.8 Å². The quantitative estimate of drug-likeness (QED) is 0.883. The van der Waals surface area contributed by atoms with Crippen LogP contribution in [-0.2, 0) is 0 Å². The van der Waals surface area contributed by atoms with E-state index in [2.05, 4.69) is 5.32 Å². The number of para-hydroxylation sites is 1.